The van der Waals surface area contributed by atoms with Gasteiger partial charge in [-0.1, -0.05) is 6.42 Å². The molecule has 1 amide bonds. The second-order valence-corrected chi connectivity index (χ2v) is 5.81. The molecule has 1 aliphatic rings. The SMILES string of the molecule is CC(C)N(C(=O)CN1CCCCC1C(=O)O)C(C)C. The number of carbonyl (C=O) groups is 2. The van der Waals surface area contributed by atoms with Crippen molar-refractivity contribution in [3.8, 4) is 0 Å². The Morgan fingerprint density at radius 2 is 1.79 bits per heavy atom. The number of carboxylic acid groups (broad SMARTS) is 1. The first-order valence-corrected chi connectivity index (χ1v) is 7.12. The predicted octanol–water partition coefficient (Wildman–Crippen LogP) is 1.57. The Morgan fingerprint density at radius 3 is 2.26 bits per heavy atom. The fourth-order valence-corrected chi connectivity index (χ4v) is 2.89. The van der Waals surface area contributed by atoms with Gasteiger partial charge in [0.2, 0.25) is 5.91 Å². The van der Waals surface area contributed by atoms with Gasteiger partial charge in [0.25, 0.3) is 0 Å². The molecular formula is C14H26N2O3. The Kier molecular flexibility index (Phi) is 5.79. The zero-order chi connectivity index (χ0) is 14.6. The summed E-state index contributed by atoms with van der Waals surface area (Å²) in [7, 11) is 0. The molecule has 5 nitrogen and oxygen atoms in total. The molecule has 0 saturated carbocycles. The molecule has 0 aromatic rings. The Bertz CT molecular complexity index is 321. The van der Waals surface area contributed by atoms with Crippen LogP contribution in [-0.2, 0) is 9.59 Å². The van der Waals surface area contributed by atoms with Gasteiger partial charge in [0, 0.05) is 12.1 Å². The van der Waals surface area contributed by atoms with Crippen LogP contribution in [0.4, 0.5) is 0 Å². The summed E-state index contributed by atoms with van der Waals surface area (Å²) in [6.45, 7) is 8.87. The molecule has 1 atom stereocenters. The number of carboxylic acids is 1. The molecule has 1 N–H and O–H groups in total. The van der Waals surface area contributed by atoms with Crippen LogP contribution >= 0.6 is 0 Å². The molecule has 1 aliphatic heterocycles. The maximum atomic E-state index is 12.4. The Hall–Kier alpha value is -1.10. The molecule has 0 spiro atoms. The van der Waals surface area contributed by atoms with Crippen LogP contribution in [0, 0.1) is 0 Å². The summed E-state index contributed by atoms with van der Waals surface area (Å²) in [4.78, 5) is 27.2. The topological polar surface area (TPSA) is 60.9 Å². The van der Waals surface area contributed by atoms with Crippen molar-refractivity contribution in [3.63, 3.8) is 0 Å². The second kappa shape index (κ2) is 6.89. The standard InChI is InChI=1S/C14H26N2O3/c1-10(2)16(11(3)4)13(17)9-15-8-6-5-7-12(15)14(18)19/h10-12H,5-9H2,1-4H3,(H,18,19). The van der Waals surface area contributed by atoms with E-state index in [1.165, 1.54) is 0 Å². The summed E-state index contributed by atoms with van der Waals surface area (Å²) in [5, 5.41) is 9.21. The number of hydrogen-bond donors (Lipinski definition) is 1. The molecule has 1 fully saturated rings. The quantitative estimate of drug-likeness (QED) is 0.824. The minimum absolute atomic E-state index is 0.0261. The number of hydrogen-bond acceptors (Lipinski definition) is 3. The van der Waals surface area contributed by atoms with E-state index in [1.54, 1.807) is 0 Å². The number of carbonyl (C=O) groups excluding carboxylic acids is 1. The van der Waals surface area contributed by atoms with Gasteiger partial charge in [0.05, 0.1) is 6.54 Å². The Morgan fingerprint density at radius 1 is 1.21 bits per heavy atom. The van der Waals surface area contributed by atoms with Gasteiger partial charge in [-0.2, -0.15) is 0 Å². The Labute approximate surface area is 115 Å². The van der Waals surface area contributed by atoms with Crippen LogP contribution in [0.25, 0.3) is 0 Å². The highest BCUT2D eigenvalue weighted by molar-refractivity contribution is 5.80. The molecule has 1 heterocycles. The maximum absolute atomic E-state index is 12.4. The predicted molar refractivity (Wildman–Crippen MR) is 74.0 cm³/mol. The van der Waals surface area contributed by atoms with E-state index in [4.69, 9.17) is 0 Å². The molecule has 0 radical (unpaired) electrons. The summed E-state index contributed by atoms with van der Waals surface area (Å²) in [5.74, 6) is -0.786. The van der Waals surface area contributed by atoms with Crippen LogP contribution in [-0.4, -0.2) is 58.0 Å². The molecule has 0 aromatic carbocycles. The highest BCUT2D eigenvalue weighted by Gasteiger charge is 2.31. The molecule has 1 rings (SSSR count). The van der Waals surface area contributed by atoms with Crippen molar-refractivity contribution in [1.29, 1.82) is 0 Å². The smallest absolute Gasteiger partial charge is 0.320 e. The molecular weight excluding hydrogens is 244 g/mol. The van der Waals surface area contributed by atoms with Crippen molar-refractivity contribution < 1.29 is 14.7 Å². The van der Waals surface area contributed by atoms with E-state index in [1.807, 2.05) is 37.5 Å². The minimum atomic E-state index is -0.812. The molecule has 110 valence electrons. The van der Waals surface area contributed by atoms with Gasteiger partial charge in [-0.05, 0) is 47.1 Å². The average Bonchev–Trinajstić information content (AvgIpc) is 2.27. The zero-order valence-corrected chi connectivity index (χ0v) is 12.4. The summed E-state index contributed by atoms with van der Waals surface area (Å²) in [6.07, 6.45) is 2.55. The lowest BCUT2D eigenvalue weighted by Crippen LogP contribution is -2.52. The van der Waals surface area contributed by atoms with E-state index in [2.05, 4.69) is 0 Å². The monoisotopic (exact) mass is 270 g/mol. The molecule has 0 aromatic heterocycles. The van der Waals surface area contributed by atoms with Gasteiger partial charge in [-0.25, -0.2) is 0 Å². The second-order valence-electron chi connectivity index (χ2n) is 5.81. The van der Waals surface area contributed by atoms with E-state index in [-0.39, 0.29) is 24.5 Å². The molecule has 1 saturated heterocycles. The van der Waals surface area contributed by atoms with Gasteiger partial charge < -0.3 is 10.0 Å². The van der Waals surface area contributed by atoms with Crippen molar-refractivity contribution in [2.45, 2.75) is 65.1 Å². The fourth-order valence-electron chi connectivity index (χ4n) is 2.89. The normalized spacial score (nSPS) is 20.8. The van der Waals surface area contributed by atoms with Crippen molar-refractivity contribution in [2.75, 3.05) is 13.1 Å². The number of amides is 1. The highest BCUT2D eigenvalue weighted by Crippen LogP contribution is 2.18. The van der Waals surface area contributed by atoms with Gasteiger partial charge in [-0.15, -0.1) is 0 Å². The number of nitrogens with zero attached hydrogens (tertiary/aromatic N) is 2. The third kappa shape index (κ3) is 4.20. The lowest BCUT2D eigenvalue weighted by molar-refractivity contribution is -0.147. The van der Waals surface area contributed by atoms with E-state index in [0.29, 0.717) is 13.0 Å². The molecule has 19 heavy (non-hydrogen) atoms. The van der Waals surface area contributed by atoms with Crippen LogP contribution in [0.3, 0.4) is 0 Å². The number of aliphatic carboxylic acids is 1. The number of likely N-dealkylation sites (tertiary alicyclic amines) is 1. The Balaban J connectivity index is 2.70. The van der Waals surface area contributed by atoms with Crippen molar-refractivity contribution in [3.05, 3.63) is 0 Å². The molecule has 5 heteroatoms. The maximum Gasteiger partial charge on any atom is 0.320 e. The fraction of sp³-hybridized carbons (Fsp3) is 0.857. The van der Waals surface area contributed by atoms with Crippen LogP contribution in [0.5, 0.6) is 0 Å². The third-order valence-electron chi connectivity index (χ3n) is 3.64. The van der Waals surface area contributed by atoms with Crippen molar-refractivity contribution >= 4 is 11.9 Å². The lowest BCUT2D eigenvalue weighted by atomic mass is 10.0. The van der Waals surface area contributed by atoms with E-state index < -0.39 is 12.0 Å². The van der Waals surface area contributed by atoms with E-state index in [9.17, 15) is 14.7 Å². The average molecular weight is 270 g/mol. The summed E-state index contributed by atoms with van der Waals surface area (Å²) in [5.41, 5.74) is 0. The van der Waals surface area contributed by atoms with Crippen LogP contribution in [0.2, 0.25) is 0 Å². The van der Waals surface area contributed by atoms with Crippen molar-refractivity contribution in [1.82, 2.24) is 9.80 Å². The summed E-state index contributed by atoms with van der Waals surface area (Å²) in [6, 6.07) is -0.222. The van der Waals surface area contributed by atoms with Crippen LogP contribution < -0.4 is 0 Å². The molecule has 0 bridgehead atoms. The summed E-state index contributed by atoms with van der Waals surface area (Å²) < 4.78 is 0. The van der Waals surface area contributed by atoms with Gasteiger partial charge in [0.15, 0.2) is 0 Å². The van der Waals surface area contributed by atoms with E-state index in [0.717, 1.165) is 12.8 Å². The minimum Gasteiger partial charge on any atom is -0.480 e. The van der Waals surface area contributed by atoms with Crippen LogP contribution in [0.15, 0.2) is 0 Å². The van der Waals surface area contributed by atoms with Crippen molar-refractivity contribution in [2.24, 2.45) is 0 Å². The lowest BCUT2D eigenvalue weighted by Gasteiger charge is -2.36. The largest absolute Gasteiger partial charge is 0.480 e. The zero-order valence-electron chi connectivity index (χ0n) is 12.4. The molecule has 0 aliphatic carbocycles. The molecule has 1 unspecified atom stereocenters. The number of piperidine rings is 1. The van der Waals surface area contributed by atoms with E-state index >= 15 is 0 Å². The highest BCUT2D eigenvalue weighted by atomic mass is 16.4. The van der Waals surface area contributed by atoms with Gasteiger partial charge >= 0.3 is 5.97 Å². The van der Waals surface area contributed by atoms with Crippen LogP contribution in [0.1, 0.15) is 47.0 Å². The summed E-state index contributed by atoms with van der Waals surface area (Å²) >= 11 is 0. The van der Waals surface area contributed by atoms with Gasteiger partial charge in [0.1, 0.15) is 6.04 Å². The van der Waals surface area contributed by atoms with Gasteiger partial charge in [-0.3, -0.25) is 14.5 Å². The first-order chi connectivity index (χ1) is 8.84. The third-order valence-corrected chi connectivity index (χ3v) is 3.64. The first kappa shape index (κ1) is 16.0. The number of rotatable bonds is 5. The first-order valence-electron chi connectivity index (χ1n) is 7.12.